The molecule has 8 heteroatoms. The lowest BCUT2D eigenvalue weighted by Gasteiger charge is -2.27. The van der Waals surface area contributed by atoms with Crippen LogP contribution in [0.15, 0.2) is 60.8 Å². The normalized spacial score (nSPS) is 15.7. The predicted octanol–water partition coefficient (Wildman–Crippen LogP) is 3.99. The molecule has 2 amide bonds. The summed E-state index contributed by atoms with van der Waals surface area (Å²) in [5.41, 5.74) is 3.85. The summed E-state index contributed by atoms with van der Waals surface area (Å²) in [6.07, 6.45) is 7.18. The van der Waals surface area contributed by atoms with Gasteiger partial charge in [0.1, 0.15) is 11.8 Å². The van der Waals surface area contributed by atoms with Gasteiger partial charge in [-0.2, -0.15) is 16.9 Å². The number of hydrogen-bond acceptors (Lipinski definition) is 5. The van der Waals surface area contributed by atoms with E-state index in [-0.39, 0.29) is 17.9 Å². The number of carbonyl (C=O) groups excluding carboxylic acids is 2. The second-order valence-electron chi connectivity index (χ2n) is 8.65. The average molecular weight is 493 g/mol. The van der Waals surface area contributed by atoms with Crippen molar-refractivity contribution in [1.29, 1.82) is 0 Å². The number of ether oxygens (including phenoxy) is 1. The molecule has 2 atom stereocenters. The number of fused-ring (bicyclic) bond motifs is 1. The molecule has 0 aliphatic heterocycles. The van der Waals surface area contributed by atoms with Gasteiger partial charge in [-0.1, -0.05) is 42.5 Å². The minimum Gasteiger partial charge on any atom is -0.496 e. The molecule has 0 spiro atoms. The largest absolute Gasteiger partial charge is 0.496 e. The summed E-state index contributed by atoms with van der Waals surface area (Å²) in [5, 5.41) is 10.8. The Morgan fingerprint density at radius 2 is 1.94 bits per heavy atom. The van der Waals surface area contributed by atoms with Crippen LogP contribution in [0, 0.1) is 0 Å². The minimum absolute atomic E-state index is 0.115. The van der Waals surface area contributed by atoms with Crippen molar-refractivity contribution in [3.63, 3.8) is 0 Å². The molecule has 0 radical (unpaired) electrons. The third-order valence-corrected chi connectivity index (χ3v) is 6.98. The van der Waals surface area contributed by atoms with Gasteiger partial charge in [-0.25, -0.2) is 0 Å². The molecular weight excluding hydrogens is 460 g/mol. The highest BCUT2D eigenvalue weighted by atomic mass is 32.2. The summed E-state index contributed by atoms with van der Waals surface area (Å²) >= 11 is 1.65. The number of amides is 2. The van der Waals surface area contributed by atoms with E-state index >= 15 is 0 Å². The van der Waals surface area contributed by atoms with Gasteiger partial charge in [-0.05, 0) is 55.4 Å². The van der Waals surface area contributed by atoms with Crippen molar-refractivity contribution in [2.45, 2.75) is 44.3 Å². The Hall–Kier alpha value is -3.26. The molecule has 0 fully saturated rings. The summed E-state index contributed by atoms with van der Waals surface area (Å²) in [6, 6.07) is 16.5. The number of nitrogens with zero attached hydrogens (tertiary/aromatic N) is 2. The van der Waals surface area contributed by atoms with Crippen LogP contribution in [0.2, 0.25) is 0 Å². The van der Waals surface area contributed by atoms with Gasteiger partial charge in [0.15, 0.2) is 0 Å². The van der Waals surface area contributed by atoms with Crippen molar-refractivity contribution < 1.29 is 14.3 Å². The van der Waals surface area contributed by atoms with Crippen molar-refractivity contribution >= 4 is 23.6 Å². The quantitative estimate of drug-likeness (QED) is 0.447. The molecule has 0 saturated heterocycles. The highest BCUT2D eigenvalue weighted by Gasteiger charge is 2.29. The molecule has 35 heavy (non-hydrogen) atoms. The minimum atomic E-state index is -0.635. The lowest BCUT2D eigenvalue weighted by molar-refractivity contribution is -0.123. The number of para-hydroxylation sites is 1. The number of aromatic nitrogens is 2. The third kappa shape index (κ3) is 6.06. The van der Waals surface area contributed by atoms with E-state index < -0.39 is 6.04 Å². The summed E-state index contributed by atoms with van der Waals surface area (Å²) in [7, 11) is 1.53. The summed E-state index contributed by atoms with van der Waals surface area (Å²) < 4.78 is 7.36. The number of methoxy groups -OCH3 is 1. The first-order chi connectivity index (χ1) is 17.1. The van der Waals surface area contributed by atoms with Crippen LogP contribution in [0.5, 0.6) is 5.75 Å². The van der Waals surface area contributed by atoms with E-state index in [2.05, 4.69) is 27.9 Å². The molecule has 184 valence electrons. The number of carbonyl (C=O) groups is 2. The van der Waals surface area contributed by atoms with Crippen molar-refractivity contribution in [3.05, 3.63) is 83.2 Å². The van der Waals surface area contributed by atoms with E-state index in [0.717, 1.165) is 30.6 Å². The first-order valence-corrected chi connectivity index (χ1v) is 13.3. The monoisotopic (exact) mass is 492 g/mol. The molecule has 4 rings (SSSR count). The molecule has 1 aliphatic rings. The maximum absolute atomic E-state index is 13.4. The zero-order valence-electron chi connectivity index (χ0n) is 20.2. The van der Waals surface area contributed by atoms with Crippen LogP contribution in [-0.2, 0) is 17.8 Å². The first kappa shape index (κ1) is 24.9. The van der Waals surface area contributed by atoms with Gasteiger partial charge in [-0.15, -0.1) is 0 Å². The first-order valence-electron chi connectivity index (χ1n) is 11.9. The zero-order valence-corrected chi connectivity index (χ0v) is 21.0. The molecule has 3 aromatic rings. The molecule has 1 aliphatic carbocycles. The van der Waals surface area contributed by atoms with Gasteiger partial charge in [0.05, 0.1) is 31.5 Å². The Morgan fingerprint density at radius 3 is 2.71 bits per heavy atom. The smallest absolute Gasteiger partial charge is 0.255 e. The lowest BCUT2D eigenvalue weighted by Crippen LogP contribution is -2.48. The highest BCUT2D eigenvalue weighted by Crippen LogP contribution is 2.30. The topological polar surface area (TPSA) is 85.2 Å². The molecule has 1 aromatic heterocycles. The average Bonchev–Trinajstić information content (AvgIpc) is 3.30. The Morgan fingerprint density at radius 1 is 1.17 bits per heavy atom. The van der Waals surface area contributed by atoms with Crippen LogP contribution in [0.1, 0.15) is 52.5 Å². The van der Waals surface area contributed by atoms with Crippen LogP contribution >= 0.6 is 11.8 Å². The standard InChI is InChI=1S/C27H32N4O3S/c1-34-25-14-7-6-11-20(25)26(32)30-23(15-16-35-2)27(33)29-22-12-8-13-24-21(22)17-28-31(24)18-19-9-4-3-5-10-19/h3-7,9-11,14,17,22-23H,8,12-13,15-16,18H2,1-2H3,(H,29,33)(H,30,32). The highest BCUT2D eigenvalue weighted by molar-refractivity contribution is 7.98. The van der Waals surface area contributed by atoms with E-state index in [1.54, 1.807) is 30.0 Å². The summed E-state index contributed by atoms with van der Waals surface area (Å²) in [6.45, 7) is 0.710. The number of rotatable bonds is 10. The van der Waals surface area contributed by atoms with E-state index in [4.69, 9.17) is 4.74 Å². The van der Waals surface area contributed by atoms with Gasteiger partial charge in [0.2, 0.25) is 5.91 Å². The molecule has 2 aromatic carbocycles. The van der Waals surface area contributed by atoms with Crippen molar-refractivity contribution in [2.24, 2.45) is 0 Å². The van der Waals surface area contributed by atoms with Gasteiger partial charge in [0.25, 0.3) is 5.91 Å². The van der Waals surface area contributed by atoms with E-state index in [9.17, 15) is 9.59 Å². The van der Waals surface area contributed by atoms with Gasteiger partial charge in [-0.3, -0.25) is 14.3 Å². The van der Waals surface area contributed by atoms with Crippen molar-refractivity contribution in [2.75, 3.05) is 19.1 Å². The van der Waals surface area contributed by atoms with Crippen LogP contribution in [0.4, 0.5) is 0 Å². The Bertz CT molecular complexity index is 1150. The summed E-state index contributed by atoms with van der Waals surface area (Å²) in [5.74, 6) is 0.756. The fourth-order valence-corrected chi connectivity index (χ4v) is 4.98. The number of thioether (sulfide) groups is 1. The van der Waals surface area contributed by atoms with E-state index in [1.165, 1.54) is 18.4 Å². The Balaban J connectivity index is 1.47. The molecule has 0 saturated carbocycles. The number of benzene rings is 2. The van der Waals surface area contributed by atoms with Crippen LogP contribution in [0.25, 0.3) is 0 Å². The predicted molar refractivity (Wildman–Crippen MR) is 139 cm³/mol. The zero-order chi connectivity index (χ0) is 24.6. The fraction of sp³-hybridized carbons (Fsp3) is 0.370. The number of nitrogens with one attached hydrogen (secondary N) is 2. The van der Waals surface area contributed by atoms with Gasteiger partial charge in [0, 0.05) is 11.3 Å². The van der Waals surface area contributed by atoms with E-state index in [0.29, 0.717) is 24.3 Å². The molecule has 2 N–H and O–H groups in total. The van der Waals surface area contributed by atoms with Gasteiger partial charge >= 0.3 is 0 Å². The maximum Gasteiger partial charge on any atom is 0.255 e. The van der Waals surface area contributed by atoms with Crippen LogP contribution in [0.3, 0.4) is 0 Å². The molecule has 1 heterocycles. The molecule has 7 nitrogen and oxygen atoms in total. The molecular formula is C27H32N4O3S. The molecule has 2 unspecified atom stereocenters. The number of hydrogen-bond donors (Lipinski definition) is 2. The van der Waals surface area contributed by atoms with Crippen LogP contribution < -0.4 is 15.4 Å². The Kier molecular flexibility index (Phi) is 8.47. The van der Waals surface area contributed by atoms with Gasteiger partial charge < -0.3 is 15.4 Å². The molecule has 0 bridgehead atoms. The Labute approximate surface area is 210 Å². The maximum atomic E-state index is 13.4. The van der Waals surface area contributed by atoms with Crippen molar-refractivity contribution in [1.82, 2.24) is 20.4 Å². The summed E-state index contributed by atoms with van der Waals surface area (Å²) in [4.78, 5) is 26.3. The van der Waals surface area contributed by atoms with E-state index in [1.807, 2.05) is 41.4 Å². The lowest BCUT2D eigenvalue weighted by atomic mass is 9.92. The second-order valence-corrected chi connectivity index (χ2v) is 9.64. The fourth-order valence-electron chi connectivity index (χ4n) is 4.51. The van der Waals surface area contributed by atoms with Crippen molar-refractivity contribution in [3.8, 4) is 5.75 Å². The third-order valence-electron chi connectivity index (χ3n) is 6.34. The second kappa shape index (κ2) is 11.9. The SMILES string of the molecule is COc1ccccc1C(=O)NC(CCSC)C(=O)NC1CCCc2c1cnn2Cc1ccccc1. The van der Waals surface area contributed by atoms with Crippen LogP contribution in [-0.4, -0.2) is 46.8 Å².